The molecule has 0 aliphatic heterocycles. The topological polar surface area (TPSA) is 38.3 Å². The summed E-state index contributed by atoms with van der Waals surface area (Å²) in [5.41, 5.74) is 2.42. The Morgan fingerprint density at radius 2 is 1.94 bits per heavy atom. The van der Waals surface area contributed by atoms with Gasteiger partial charge in [0.25, 0.3) is 0 Å². The number of carbonyl (C=O) groups is 1. The third kappa shape index (κ3) is 5.71. The summed E-state index contributed by atoms with van der Waals surface area (Å²) < 4.78 is 4.86. The maximum atomic E-state index is 11.1. The SMILES string of the molecule is CCCCc1ccc(NCCC(=O)OCC)cc1. The van der Waals surface area contributed by atoms with Crippen LogP contribution in [-0.4, -0.2) is 19.1 Å². The van der Waals surface area contributed by atoms with E-state index in [1.165, 1.54) is 18.4 Å². The van der Waals surface area contributed by atoms with Crippen LogP contribution in [0.25, 0.3) is 0 Å². The van der Waals surface area contributed by atoms with Gasteiger partial charge < -0.3 is 10.1 Å². The summed E-state index contributed by atoms with van der Waals surface area (Å²) >= 11 is 0. The molecule has 0 radical (unpaired) electrons. The molecule has 0 bridgehead atoms. The summed E-state index contributed by atoms with van der Waals surface area (Å²) in [4.78, 5) is 11.1. The van der Waals surface area contributed by atoms with Crippen LogP contribution >= 0.6 is 0 Å². The highest BCUT2D eigenvalue weighted by Crippen LogP contribution is 2.11. The van der Waals surface area contributed by atoms with Gasteiger partial charge in [0, 0.05) is 12.2 Å². The Morgan fingerprint density at radius 3 is 2.56 bits per heavy atom. The molecule has 18 heavy (non-hydrogen) atoms. The second-order valence-electron chi connectivity index (χ2n) is 4.28. The Kier molecular flexibility index (Phi) is 6.92. The van der Waals surface area contributed by atoms with Crippen molar-refractivity contribution >= 4 is 11.7 Å². The van der Waals surface area contributed by atoms with Gasteiger partial charge in [-0.1, -0.05) is 25.5 Å². The van der Waals surface area contributed by atoms with Gasteiger partial charge in [-0.3, -0.25) is 4.79 Å². The van der Waals surface area contributed by atoms with E-state index in [4.69, 9.17) is 4.74 Å². The van der Waals surface area contributed by atoms with Gasteiger partial charge >= 0.3 is 5.97 Å². The molecule has 0 aliphatic carbocycles. The Morgan fingerprint density at radius 1 is 1.22 bits per heavy atom. The molecule has 0 heterocycles. The molecule has 1 aromatic carbocycles. The highest BCUT2D eigenvalue weighted by Gasteiger charge is 2.00. The molecule has 1 N–H and O–H groups in total. The van der Waals surface area contributed by atoms with Crippen LogP contribution in [0.1, 0.15) is 38.7 Å². The first-order valence-electron chi connectivity index (χ1n) is 6.74. The van der Waals surface area contributed by atoms with E-state index in [2.05, 4.69) is 36.5 Å². The molecule has 0 amide bonds. The van der Waals surface area contributed by atoms with E-state index < -0.39 is 0 Å². The second kappa shape index (κ2) is 8.56. The number of benzene rings is 1. The fourth-order valence-corrected chi connectivity index (χ4v) is 1.71. The lowest BCUT2D eigenvalue weighted by Crippen LogP contribution is -2.11. The highest BCUT2D eigenvalue weighted by molar-refractivity contribution is 5.70. The first-order chi connectivity index (χ1) is 8.76. The highest BCUT2D eigenvalue weighted by atomic mass is 16.5. The van der Waals surface area contributed by atoms with Crippen molar-refractivity contribution in [3.63, 3.8) is 0 Å². The minimum Gasteiger partial charge on any atom is -0.466 e. The zero-order chi connectivity index (χ0) is 13.2. The van der Waals surface area contributed by atoms with Crippen molar-refractivity contribution in [2.24, 2.45) is 0 Å². The molecule has 1 rings (SSSR count). The van der Waals surface area contributed by atoms with Crippen LogP contribution in [-0.2, 0) is 16.0 Å². The molecule has 0 saturated carbocycles. The molecule has 3 heteroatoms. The van der Waals surface area contributed by atoms with Gasteiger partial charge in [0.05, 0.1) is 13.0 Å². The van der Waals surface area contributed by atoms with Gasteiger partial charge in [-0.25, -0.2) is 0 Å². The van der Waals surface area contributed by atoms with Gasteiger partial charge in [-0.2, -0.15) is 0 Å². The minimum atomic E-state index is -0.149. The molecule has 0 unspecified atom stereocenters. The Labute approximate surface area is 110 Å². The van der Waals surface area contributed by atoms with E-state index in [1.807, 2.05) is 6.92 Å². The Bertz CT molecular complexity index is 346. The van der Waals surface area contributed by atoms with Gasteiger partial charge in [0.2, 0.25) is 0 Å². The lowest BCUT2D eigenvalue weighted by molar-refractivity contribution is -0.142. The van der Waals surface area contributed by atoms with E-state index in [-0.39, 0.29) is 5.97 Å². The van der Waals surface area contributed by atoms with Crippen molar-refractivity contribution in [2.75, 3.05) is 18.5 Å². The number of nitrogens with one attached hydrogen (secondary N) is 1. The summed E-state index contributed by atoms with van der Waals surface area (Å²) in [7, 11) is 0. The van der Waals surface area contributed by atoms with Gasteiger partial charge in [-0.15, -0.1) is 0 Å². The molecule has 0 fully saturated rings. The van der Waals surface area contributed by atoms with Crippen molar-refractivity contribution in [2.45, 2.75) is 39.5 Å². The molecular weight excluding hydrogens is 226 g/mol. The summed E-state index contributed by atoms with van der Waals surface area (Å²) in [6, 6.07) is 8.41. The minimum absolute atomic E-state index is 0.149. The van der Waals surface area contributed by atoms with Crippen molar-refractivity contribution in [1.82, 2.24) is 0 Å². The van der Waals surface area contributed by atoms with Crippen LogP contribution in [0.5, 0.6) is 0 Å². The van der Waals surface area contributed by atoms with Gasteiger partial charge in [0.15, 0.2) is 0 Å². The fraction of sp³-hybridized carbons (Fsp3) is 0.533. The van der Waals surface area contributed by atoms with Crippen LogP contribution in [0.4, 0.5) is 5.69 Å². The van der Waals surface area contributed by atoms with Gasteiger partial charge in [-0.05, 0) is 37.5 Å². The smallest absolute Gasteiger partial charge is 0.307 e. The molecule has 3 nitrogen and oxygen atoms in total. The van der Waals surface area contributed by atoms with Crippen LogP contribution in [0.2, 0.25) is 0 Å². The third-order valence-corrected chi connectivity index (χ3v) is 2.74. The molecule has 0 spiro atoms. The number of hydrogen-bond donors (Lipinski definition) is 1. The monoisotopic (exact) mass is 249 g/mol. The number of ether oxygens (including phenoxy) is 1. The lowest BCUT2D eigenvalue weighted by atomic mass is 10.1. The Balaban J connectivity index is 2.28. The molecule has 0 atom stereocenters. The zero-order valence-corrected chi connectivity index (χ0v) is 11.4. The maximum Gasteiger partial charge on any atom is 0.307 e. The van der Waals surface area contributed by atoms with E-state index in [0.717, 1.165) is 12.1 Å². The number of aryl methyl sites for hydroxylation is 1. The largest absolute Gasteiger partial charge is 0.466 e. The van der Waals surface area contributed by atoms with Crippen LogP contribution in [0, 0.1) is 0 Å². The molecule has 100 valence electrons. The van der Waals surface area contributed by atoms with Crippen LogP contribution in [0.15, 0.2) is 24.3 Å². The quantitative estimate of drug-likeness (QED) is 0.718. The number of anilines is 1. The number of carbonyl (C=O) groups excluding carboxylic acids is 1. The van der Waals surface area contributed by atoms with Crippen LogP contribution in [0.3, 0.4) is 0 Å². The normalized spacial score (nSPS) is 10.1. The maximum absolute atomic E-state index is 11.1. The summed E-state index contributed by atoms with van der Waals surface area (Å²) in [5, 5.41) is 3.22. The van der Waals surface area contributed by atoms with Gasteiger partial charge in [0.1, 0.15) is 0 Å². The van der Waals surface area contributed by atoms with Crippen molar-refractivity contribution in [3.8, 4) is 0 Å². The molecule has 0 aliphatic rings. The third-order valence-electron chi connectivity index (χ3n) is 2.74. The summed E-state index contributed by atoms with van der Waals surface area (Å²) in [5.74, 6) is -0.149. The summed E-state index contributed by atoms with van der Waals surface area (Å²) in [6.07, 6.45) is 4.00. The standard InChI is InChI=1S/C15H23NO2/c1-3-5-6-13-7-9-14(10-8-13)16-12-11-15(17)18-4-2/h7-10,16H,3-6,11-12H2,1-2H3. The van der Waals surface area contributed by atoms with Crippen molar-refractivity contribution in [1.29, 1.82) is 0 Å². The van der Waals surface area contributed by atoms with Crippen LogP contribution < -0.4 is 5.32 Å². The number of rotatable bonds is 8. The van der Waals surface area contributed by atoms with E-state index in [0.29, 0.717) is 19.6 Å². The molecule has 1 aromatic rings. The average Bonchev–Trinajstić information content (AvgIpc) is 2.38. The average molecular weight is 249 g/mol. The van der Waals surface area contributed by atoms with E-state index in [1.54, 1.807) is 0 Å². The fourth-order valence-electron chi connectivity index (χ4n) is 1.71. The van der Waals surface area contributed by atoms with E-state index in [9.17, 15) is 4.79 Å². The predicted molar refractivity (Wildman–Crippen MR) is 74.8 cm³/mol. The number of unbranched alkanes of at least 4 members (excludes halogenated alkanes) is 1. The summed E-state index contributed by atoms with van der Waals surface area (Å²) in [6.45, 7) is 5.09. The second-order valence-corrected chi connectivity index (χ2v) is 4.28. The zero-order valence-electron chi connectivity index (χ0n) is 11.4. The molecule has 0 aromatic heterocycles. The predicted octanol–water partition coefficient (Wildman–Crippen LogP) is 3.39. The van der Waals surface area contributed by atoms with Crippen molar-refractivity contribution < 1.29 is 9.53 Å². The van der Waals surface area contributed by atoms with Crippen molar-refractivity contribution in [3.05, 3.63) is 29.8 Å². The van der Waals surface area contributed by atoms with E-state index >= 15 is 0 Å². The Hall–Kier alpha value is -1.51. The number of esters is 1. The molecular formula is C15H23NO2. The lowest BCUT2D eigenvalue weighted by Gasteiger charge is -2.07. The number of hydrogen-bond acceptors (Lipinski definition) is 3. The molecule has 0 saturated heterocycles. The first-order valence-corrected chi connectivity index (χ1v) is 6.74. The first kappa shape index (κ1) is 14.6.